The first-order chi connectivity index (χ1) is 19.8. The van der Waals surface area contributed by atoms with Crippen LogP contribution in [0, 0.1) is 25.7 Å². The third kappa shape index (κ3) is 7.37. The van der Waals surface area contributed by atoms with Gasteiger partial charge in [0.2, 0.25) is 0 Å². The van der Waals surface area contributed by atoms with Crippen LogP contribution < -0.4 is 5.32 Å². The van der Waals surface area contributed by atoms with Gasteiger partial charge in [-0.1, -0.05) is 24.6 Å². The van der Waals surface area contributed by atoms with Crippen molar-refractivity contribution in [1.29, 1.82) is 0 Å². The van der Waals surface area contributed by atoms with Crippen molar-refractivity contribution >= 4 is 23.2 Å². The molecule has 1 aromatic carbocycles. The summed E-state index contributed by atoms with van der Waals surface area (Å²) in [5, 5.41) is 26.8. The summed E-state index contributed by atoms with van der Waals surface area (Å²) in [7, 11) is 0. The standard InChI is InChI=1S/C32H46N4O4S/c1-21-8-5-9-22(2)26(21)17-25-20-41-28(34-25)18-33-31(39)29(37)30(38)32(40)36-15-7-12-27(36)24-11-6-10-23(16-24)19-35-13-3-4-14-35/h5,8-9,20,23-24,27,29-30,37-38H,3-4,6-7,10-19H2,1-2H3,(H,33,39)/t23?,24?,27?,29-,30-/m1/s1. The molecule has 41 heavy (non-hydrogen) atoms. The molecule has 3 heterocycles. The Morgan fingerprint density at radius 3 is 2.54 bits per heavy atom. The van der Waals surface area contributed by atoms with Gasteiger partial charge in [-0.15, -0.1) is 11.3 Å². The highest BCUT2D eigenvalue weighted by atomic mass is 32.1. The summed E-state index contributed by atoms with van der Waals surface area (Å²) in [5.41, 5.74) is 4.62. The monoisotopic (exact) mass is 582 g/mol. The summed E-state index contributed by atoms with van der Waals surface area (Å²) in [4.78, 5) is 35.0. The van der Waals surface area contributed by atoms with Crippen LogP contribution in [0.3, 0.4) is 0 Å². The predicted octanol–water partition coefficient (Wildman–Crippen LogP) is 3.58. The second-order valence-corrected chi connectivity index (χ2v) is 13.4. The number of aromatic nitrogens is 1. The van der Waals surface area contributed by atoms with Gasteiger partial charge in [-0.2, -0.15) is 0 Å². The van der Waals surface area contributed by atoms with Gasteiger partial charge in [0.25, 0.3) is 11.8 Å². The van der Waals surface area contributed by atoms with Gasteiger partial charge in [-0.3, -0.25) is 9.59 Å². The zero-order chi connectivity index (χ0) is 28.9. The van der Waals surface area contributed by atoms with Crippen LogP contribution in [0.2, 0.25) is 0 Å². The Morgan fingerprint density at radius 2 is 1.78 bits per heavy atom. The Kier molecular flexibility index (Phi) is 10.1. The number of amides is 2. The molecule has 3 unspecified atom stereocenters. The maximum atomic E-state index is 13.3. The molecule has 1 aliphatic carbocycles. The number of benzene rings is 1. The van der Waals surface area contributed by atoms with E-state index in [9.17, 15) is 19.8 Å². The fourth-order valence-corrected chi connectivity index (χ4v) is 8.00. The number of aliphatic hydroxyl groups is 2. The lowest BCUT2D eigenvalue weighted by molar-refractivity contribution is -0.154. The van der Waals surface area contributed by atoms with Crippen LogP contribution in [0.15, 0.2) is 23.6 Å². The molecule has 5 rings (SSSR count). The SMILES string of the molecule is Cc1cccc(C)c1Cc1csc(CNC(=O)[C@H](O)[C@@H](O)C(=O)N2CCCC2C2CCCC(CN3CCCC3)C2)n1. The Labute approximate surface area is 248 Å². The number of hydrogen-bond donors (Lipinski definition) is 3. The Hall–Kier alpha value is -2.33. The quantitative estimate of drug-likeness (QED) is 0.396. The van der Waals surface area contributed by atoms with Gasteiger partial charge >= 0.3 is 0 Å². The number of aryl methyl sites for hydroxylation is 2. The van der Waals surface area contributed by atoms with Crippen molar-refractivity contribution < 1.29 is 19.8 Å². The van der Waals surface area contributed by atoms with Crippen molar-refractivity contribution in [1.82, 2.24) is 20.1 Å². The molecule has 3 aliphatic rings. The summed E-state index contributed by atoms with van der Waals surface area (Å²) in [6.45, 7) is 8.47. The molecule has 1 aromatic heterocycles. The van der Waals surface area contributed by atoms with E-state index in [1.165, 1.54) is 66.8 Å². The molecule has 3 fully saturated rings. The van der Waals surface area contributed by atoms with Gasteiger partial charge in [0, 0.05) is 30.9 Å². The minimum absolute atomic E-state index is 0.0828. The van der Waals surface area contributed by atoms with Crippen molar-refractivity contribution in [3.8, 4) is 0 Å². The second-order valence-electron chi connectivity index (χ2n) is 12.4. The molecule has 2 aromatic rings. The number of aliphatic hydroxyl groups excluding tert-OH is 2. The van der Waals surface area contributed by atoms with E-state index in [1.807, 2.05) is 11.4 Å². The molecule has 2 aliphatic heterocycles. The molecule has 0 bridgehead atoms. The third-order valence-electron chi connectivity index (χ3n) is 9.50. The molecule has 9 heteroatoms. The molecule has 1 saturated carbocycles. The molecular weight excluding hydrogens is 536 g/mol. The number of rotatable bonds is 10. The first-order valence-corrected chi connectivity index (χ1v) is 16.3. The van der Waals surface area contributed by atoms with Gasteiger partial charge < -0.3 is 25.3 Å². The lowest BCUT2D eigenvalue weighted by atomic mass is 9.77. The Balaban J connectivity index is 1.12. The minimum Gasteiger partial charge on any atom is -0.380 e. The van der Waals surface area contributed by atoms with Crippen LogP contribution in [-0.2, 0) is 22.6 Å². The van der Waals surface area contributed by atoms with Crippen LogP contribution in [-0.4, -0.2) is 81.2 Å². The number of nitrogens with zero attached hydrogens (tertiary/aromatic N) is 3. The average Bonchev–Trinajstić information content (AvgIpc) is 3.75. The Bertz CT molecular complexity index is 1180. The summed E-state index contributed by atoms with van der Waals surface area (Å²) in [5.74, 6) is -0.195. The lowest BCUT2D eigenvalue weighted by Gasteiger charge is -2.39. The fraction of sp³-hybridized carbons (Fsp3) is 0.656. The molecule has 0 radical (unpaired) electrons. The Morgan fingerprint density at radius 1 is 1.02 bits per heavy atom. The van der Waals surface area contributed by atoms with E-state index < -0.39 is 24.0 Å². The molecule has 3 N–H and O–H groups in total. The van der Waals surface area contributed by atoms with Crippen LogP contribution >= 0.6 is 11.3 Å². The van der Waals surface area contributed by atoms with Gasteiger partial charge in [0.1, 0.15) is 5.01 Å². The van der Waals surface area contributed by atoms with Crippen molar-refractivity contribution in [2.24, 2.45) is 11.8 Å². The normalized spacial score (nSPS) is 24.9. The summed E-state index contributed by atoms with van der Waals surface area (Å²) in [6.07, 6.45) is 6.20. The maximum absolute atomic E-state index is 13.3. The van der Waals surface area contributed by atoms with Crippen molar-refractivity contribution in [3.05, 3.63) is 51.0 Å². The predicted molar refractivity (Wildman–Crippen MR) is 161 cm³/mol. The zero-order valence-corrected chi connectivity index (χ0v) is 25.4. The van der Waals surface area contributed by atoms with Gasteiger partial charge in [-0.25, -0.2) is 4.98 Å². The van der Waals surface area contributed by atoms with Crippen molar-refractivity contribution in [2.45, 2.75) is 96.4 Å². The minimum atomic E-state index is -1.81. The third-order valence-corrected chi connectivity index (χ3v) is 10.4. The van der Waals surface area contributed by atoms with E-state index in [4.69, 9.17) is 0 Å². The van der Waals surface area contributed by atoms with E-state index in [0.29, 0.717) is 23.4 Å². The maximum Gasteiger partial charge on any atom is 0.254 e. The van der Waals surface area contributed by atoms with Crippen molar-refractivity contribution in [2.75, 3.05) is 26.2 Å². The van der Waals surface area contributed by atoms with Crippen LogP contribution in [0.25, 0.3) is 0 Å². The van der Waals surface area contributed by atoms with E-state index in [-0.39, 0.29) is 12.6 Å². The number of nitrogens with one attached hydrogen (secondary N) is 1. The first-order valence-electron chi connectivity index (χ1n) is 15.4. The zero-order valence-electron chi connectivity index (χ0n) is 24.6. The van der Waals surface area contributed by atoms with Crippen LogP contribution in [0.1, 0.15) is 78.8 Å². The number of carbonyl (C=O) groups is 2. The summed E-state index contributed by atoms with van der Waals surface area (Å²) < 4.78 is 0. The number of hydrogen-bond acceptors (Lipinski definition) is 7. The van der Waals surface area contributed by atoms with E-state index in [2.05, 4.69) is 41.2 Å². The average molecular weight is 583 g/mol. The van der Waals surface area contributed by atoms with Crippen LogP contribution in [0.5, 0.6) is 0 Å². The number of likely N-dealkylation sites (tertiary alicyclic amines) is 2. The van der Waals surface area contributed by atoms with Crippen LogP contribution in [0.4, 0.5) is 0 Å². The highest BCUT2D eigenvalue weighted by Gasteiger charge is 2.42. The summed E-state index contributed by atoms with van der Waals surface area (Å²) in [6, 6.07) is 6.32. The largest absolute Gasteiger partial charge is 0.380 e. The molecule has 5 atom stereocenters. The van der Waals surface area contributed by atoms with Gasteiger partial charge in [0.05, 0.1) is 12.2 Å². The highest BCUT2D eigenvalue weighted by molar-refractivity contribution is 7.09. The first kappa shape index (κ1) is 30.1. The smallest absolute Gasteiger partial charge is 0.254 e. The lowest BCUT2D eigenvalue weighted by Crippen LogP contribution is -2.53. The second kappa shape index (κ2) is 13.8. The van der Waals surface area contributed by atoms with E-state index in [0.717, 1.165) is 44.3 Å². The van der Waals surface area contributed by atoms with E-state index in [1.54, 1.807) is 4.90 Å². The highest BCUT2D eigenvalue weighted by Crippen LogP contribution is 2.38. The van der Waals surface area contributed by atoms with Crippen molar-refractivity contribution in [3.63, 3.8) is 0 Å². The molecule has 224 valence electrons. The topological polar surface area (TPSA) is 106 Å². The van der Waals surface area contributed by atoms with E-state index >= 15 is 0 Å². The molecular formula is C32H46N4O4S. The number of thiazole rings is 1. The molecule has 2 saturated heterocycles. The van der Waals surface area contributed by atoms with Gasteiger partial charge in [0.15, 0.2) is 12.2 Å². The number of carbonyl (C=O) groups excluding carboxylic acids is 2. The van der Waals surface area contributed by atoms with Gasteiger partial charge in [-0.05, 0) is 100 Å². The molecule has 0 spiro atoms. The fourth-order valence-electron chi connectivity index (χ4n) is 7.27. The molecule has 2 amide bonds. The molecule has 8 nitrogen and oxygen atoms in total. The summed E-state index contributed by atoms with van der Waals surface area (Å²) >= 11 is 1.45.